The van der Waals surface area contributed by atoms with E-state index in [2.05, 4.69) is 21.1 Å². The molecule has 0 saturated carbocycles. The zero-order chi connectivity index (χ0) is 20.7. The number of carbonyl (C=O) groups is 2. The molecular formula is C13H15F3NO7PS2. The van der Waals surface area contributed by atoms with Crippen molar-refractivity contribution in [1.29, 1.82) is 0 Å². The van der Waals surface area contributed by atoms with Gasteiger partial charge in [-0.05, 0) is 19.1 Å². The zero-order valence-electron chi connectivity index (χ0n) is 13.7. The normalized spacial score (nSPS) is 13.6. The molecule has 0 aliphatic heterocycles. The number of alkyl halides is 3. The van der Waals surface area contributed by atoms with Gasteiger partial charge in [-0.15, -0.1) is 11.7 Å². The van der Waals surface area contributed by atoms with Crippen molar-refractivity contribution in [3.8, 4) is 5.75 Å². The molecule has 1 amide bonds. The lowest BCUT2D eigenvalue weighted by Gasteiger charge is -2.24. The van der Waals surface area contributed by atoms with E-state index in [0.717, 1.165) is 10.8 Å². The van der Waals surface area contributed by atoms with E-state index in [0.29, 0.717) is 4.90 Å². The van der Waals surface area contributed by atoms with Gasteiger partial charge in [0, 0.05) is 0 Å². The first-order valence-corrected chi connectivity index (χ1v) is 10.7. The van der Waals surface area contributed by atoms with Crippen LogP contribution < -0.4 is 4.89 Å². The van der Waals surface area contributed by atoms with Crippen molar-refractivity contribution >= 4 is 41.9 Å². The Labute approximate surface area is 161 Å². The fraction of sp³-hybridized carbons (Fsp3) is 0.385. The molecule has 14 heteroatoms. The summed E-state index contributed by atoms with van der Waals surface area (Å²) >= 11 is 3.94. The molecule has 1 unspecified atom stereocenters. The first-order chi connectivity index (χ1) is 12.5. The maximum absolute atomic E-state index is 12.7. The minimum absolute atomic E-state index is 0.0223. The number of thiol groups is 1. The van der Waals surface area contributed by atoms with Gasteiger partial charge in [-0.3, -0.25) is 14.2 Å². The topological polar surface area (TPSA) is 102 Å². The summed E-state index contributed by atoms with van der Waals surface area (Å²) in [5, 5.41) is 0. The van der Waals surface area contributed by atoms with Gasteiger partial charge in [0.05, 0.1) is 11.5 Å². The second-order valence-corrected chi connectivity index (χ2v) is 7.66. The van der Waals surface area contributed by atoms with Gasteiger partial charge in [0.2, 0.25) is 0 Å². The van der Waals surface area contributed by atoms with Crippen LogP contribution >= 0.6 is 30.1 Å². The van der Waals surface area contributed by atoms with Gasteiger partial charge >= 0.3 is 25.6 Å². The predicted octanol–water partition coefficient (Wildman–Crippen LogP) is 3.03. The van der Waals surface area contributed by atoms with Crippen molar-refractivity contribution < 1.29 is 46.5 Å². The molecule has 27 heavy (non-hydrogen) atoms. The van der Waals surface area contributed by atoms with Gasteiger partial charge in [0.1, 0.15) is 12.8 Å². The lowest BCUT2D eigenvalue weighted by Crippen LogP contribution is -2.44. The summed E-state index contributed by atoms with van der Waals surface area (Å²) in [6.07, 6.45) is -6.82. The highest BCUT2D eigenvalue weighted by molar-refractivity contribution is 8.68. The number of ether oxygens (including phenoxy) is 1. The summed E-state index contributed by atoms with van der Waals surface area (Å²) in [5.41, 5.74) is 0. The number of rotatable bonds is 9. The second kappa shape index (κ2) is 10.2. The molecule has 1 N–H and O–H groups in total. The third kappa shape index (κ3) is 8.01. The van der Waals surface area contributed by atoms with Crippen LogP contribution in [-0.4, -0.2) is 47.3 Å². The van der Waals surface area contributed by atoms with Crippen molar-refractivity contribution in [2.24, 2.45) is 0 Å². The van der Waals surface area contributed by atoms with E-state index in [-0.39, 0.29) is 17.3 Å². The molecule has 1 aromatic carbocycles. The van der Waals surface area contributed by atoms with E-state index in [1.165, 1.54) is 19.1 Å². The summed E-state index contributed by atoms with van der Waals surface area (Å²) in [5.74, 6) is -3.71. The second-order valence-electron chi connectivity index (χ2n) is 4.78. The van der Waals surface area contributed by atoms with E-state index >= 15 is 0 Å². The molecule has 0 aromatic heterocycles. The van der Waals surface area contributed by atoms with Crippen molar-refractivity contribution in [2.45, 2.75) is 18.0 Å². The summed E-state index contributed by atoms with van der Waals surface area (Å²) in [6, 6.07) is 6.02. The quantitative estimate of drug-likeness (QED) is 0.148. The number of carbonyl (C=O) groups excluding carboxylic acids is 2. The highest BCUT2D eigenvalue weighted by atomic mass is 33.1. The summed E-state index contributed by atoms with van der Waals surface area (Å²) < 4.78 is 58.8. The first kappa shape index (κ1) is 23.6. The van der Waals surface area contributed by atoms with Crippen molar-refractivity contribution in [3.63, 3.8) is 0 Å². The maximum Gasteiger partial charge on any atom is 0.471 e. The third-order valence-corrected chi connectivity index (χ3v) is 4.83. The largest absolute Gasteiger partial charge is 0.471 e. The Hall–Kier alpha value is -1.40. The first-order valence-electron chi connectivity index (χ1n) is 7.10. The average Bonchev–Trinajstić information content (AvgIpc) is 2.58. The lowest BCUT2D eigenvalue weighted by molar-refractivity contribution is -0.186. The third-order valence-electron chi connectivity index (χ3n) is 2.70. The fourth-order valence-electron chi connectivity index (χ4n) is 1.66. The fourth-order valence-corrected chi connectivity index (χ4v) is 3.35. The summed E-state index contributed by atoms with van der Waals surface area (Å²) in [7, 11) is -3.98. The Balaban J connectivity index is 2.89. The van der Waals surface area contributed by atoms with Crippen LogP contribution in [0.5, 0.6) is 5.75 Å². The van der Waals surface area contributed by atoms with E-state index in [9.17, 15) is 32.2 Å². The standard InChI is InChI=1S/C13H15F3NO7PS2/c1-2-22-11(18)7-17(12(19)13(14,15)16)8-25(20,21)24-23-9-5-3-4-6-10(9)27-26/h3-6,26H,2,7-8H2,1H3,(H,20,21). The minimum Gasteiger partial charge on any atom is -0.465 e. The van der Waals surface area contributed by atoms with E-state index < -0.39 is 38.5 Å². The SMILES string of the molecule is CCOC(=O)CN(CP(=O)(O)OOc1ccccc1SS)C(=O)C(F)(F)F. The molecule has 0 aliphatic carbocycles. The number of benzene rings is 1. The smallest absolute Gasteiger partial charge is 0.465 e. The van der Waals surface area contributed by atoms with Crippen LogP contribution in [0.2, 0.25) is 0 Å². The van der Waals surface area contributed by atoms with Gasteiger partial charge in [0.25, 0.3) is 0 Å². The van der Waals surface area contributed by atoms with Crippen molar-refractivity contribution in [2.75, 3.05) is 19.4 Å². The van der Waals surface area contributed by atoms with Crippen LogP contribution in [0, 0.1) is 0 Å². The van der Waals surface area contributed by atoms with E-state index in [1.54, 1.807) is 12.1 Å². The molecular weight excluding hydrogens is 434 g/mol. The molecule has 1 atom stereocenters. The molecule has 0 bridgehead atoms. The molecule has 0 radical (unpaired) electrons. The average molecular weight is 449 g/mol. The number of halogens is 3. The van der Waals surface area contributed by atoms with Gasteiger partial charge in [-0.1, -0.05) is 27.6 Å². The van der Waals surface area contributed by atoms with Gasteiger partial charge in [-0.2, -0.15) is 13.2 Å². The molecule has 0 fully saturated rings. The molecule has 0 aliphatic rings. The van der Waals surface area contributed by atoms with Gasteiger partial charge in [-0.25, -0.2) is 0 Å². The lowest BCUT2D eigenvalue weighted by atomic mass is 10.3. The molecule has 1 rings (SSSR count). The van der Waals surface area contributed by atoms with E-state index in [4.69, 9.17) is 4.89 Å². The van der Waals surface area contributed by atoms with Crippen LogP contribution in [0.4, 0.5) is 13.2 Å². The van der Waals surface area contributed by atoms with Crippen LogP contribution in [0.25, 0.3) is 0 Å². The zero-order valence-corrected chi connectivity index (χ0v) is 16.3. The Morgan fingerprint density at radius 1 is 1.33 bits per heavy atom. The molecule has 0 heterocycles. The van der Waals surface area contributed by atoms with Crippen LogP contribution in [-0.2, 0) is 23.6 Å². The maximum atomic E-state index is 12.7. The van der Waals surface area contributed by atoms with Crippen molar-refractivity contribution in [1.82, 2.24) is 4.90 Å². The van der Waals surface area contributed by atoms with Gasteiger partial charge < -0.3 is 19.4 Å². The highest BCUT2D eigenvalue weighted by Crippen LogP contribution is 2.44. The summed E-state index contributed by atoms with van der Waals surface area (Å²) in [6.45, 7) is 0.0588. The Morgan fingerprint density at radius 3 is 2.52 bits per heavy atom. The number of hydrogen-bond acceptors (Lipinski definition) is 8. The number of amides is 1. The minimum atomic E-state index is -5.37. The molecule has 0 saturated heterocycles. The molecule has 152 valence electrons. The number of esters is 1. The van der Waals surface area contributed by atoms with Crippen LogP contribution in [0.3, 0.4) is 0 Å². The number of nitrogens with zero attached hydrogens (tertiary/aromatic N) is 1. The monoisotopic (exact) mass is 449 g/mol. The predicted molar refractivity (Wildman–Crippen MR) is 92.1 cm³/mol. The Kier molecular flexibility index (Phi) is 8.95. The Bertz CT molecular complexity index is 719. The number of hydrogen-bond donors (Lipinski definition) is 2. The van der Waals surface area contributed by atoms with Crippen LogP contribution in [0.15, 0.2) is 29.2 Å². The Morgan fingerprint density at radius 2 is 1.96 bits per heavy atom. The molecule has 8 nitrogen and oxygen atoms in total. The highest BCUT2D eigenvalue weighted by Gasteiger charge is 2.45. The van der Waals surface area contributed by atoms with Crippen molar-refractivity contribution in [3.05, 3.63) is 24.3 Å². The van der Waals surface area contributed by atoms with Gasteiger partial charge in [0.15, 0.2) is 5.75 Å². The summed E-state index contributed by atoms with van der Waals surface area (Å²) in [4.78, 5) is 37.4. The van der Waals surface area contributed by atoms with Crippen LogP contribution in [0.1, 0.15) is 6.92 Å². The number of para-hydroxylation sites is 1. The molecule has 0 spiro atoms. The van der Waals surface area contributed by atoms with E-state index in [1.807, 2.05) is 0 Å². The molecule has 1 aromatic rings.